The average Bonchev–Trinajstić information content (AvgIpc) is 2.94. The summed E-state index contributed by atoms with van der Waals surface area (Å²) in [5, 5.41) is 7.83. The monoisotopic (exact) mass is 470 g/mol. The number of halogens is 2. The number of aromatic nitrogens is 3. The Balaban J connectivity index is 2.19. The molecule has 0 saturated heterocycles. The number of alkyl halides is 1. The third-order valence-corrected chi connectivity index (χ3v) is 4.80. The molecule has 1 aromatic carbocycles. The first-order chi connectivity index (χ1) is 10.7. The fourth-order valence-corrected chi connectivity index (χ4v) is 3.35. The smallest absolute Gasteiger partial charge is 0.172 e. The molecule has 6 heteroatoms. The highest BCUT2D eigenvalue weighted by Gasteiger charge is 2.12. The third-order valence-electron chi connectivity index (χ3n) is 3.42. The second-order valence-corrected chi connectivity index (χ2v) is 6.59. The van der Waals surface area contributed by atoms with E-state index in [1.165, 1.54) is 11.1 Å². The van der Waals surface area contributed by atoms with E-state index in [2.05, 4.69) is 86.2 Å². The van der Waals surface area contributed by atoms with Gasteiger partial charge >= 0.3 is 0 Å². The van der Waals surface area contributed by atoms with Crippen molar-refractivity contribution in [2.45, 2.75) is 17.8 Å². The third kappa shape index (κ3) is 2.99. The van der Waals surface area contributed by atoms with Gasteiger partial charge in [-0.15, -0.1) is 0 Å². The van der Waals surface area contributed by atoms with Crippen LogP contribution in [0.3, 0.4) is 0 Å². The van der Waals surface area contributed by atoms with E-state index < -0.39 is 0 Å². The van der Waals surface area contributed by atoms with Gasteiger partial charge in [0.25, 0.3) is 0 Å². The van der Waals surface area contributed by atoms with Gasteiger partial charge < -0.3 is 5.32 Å². The molecule has 1 N–H and O–H groups in total. The lowest BCUT2D eigenvalue weighted by molar-refractivity contribution is 0.903. The van der Waals surface area contributed by atoms with E-state index in [1.807, 2.05) is 4.52 Å². The predicted octanol–water partition coefficient (Wildman–Crippen LogP) is 4.92. The van der Waals surface area contributed by atoms with Gasteiger partial charge in [-0.1, -0.05) is 53.8 Å². The second kappa shape index (κ2) is 6.95. The molecule has 114 valence electrons. The summed E-state index contributed by atoms with van der Waals surface area (Å²) in [4.78, 5) is 4.79. The summed E-state index contributed by atoms with van der Waals surface area (Å²) in [6.07, 6.45) is 2.85. The van der Waals surface area contributed by atoms with Crippen molar-refractivity contribution in [1.29, 1.82) is 0 Å². The van der Waals surface area contributed by atoms with Gasteiger partial charge in [-0.2, -0.15) is 9.61 Å². The van der Waals surface area contributed by atoms with Crippen LogP contribution >= 0.6 is 38.5 Å². The molecule has 4 nitrogen and oxygen atoms in total. The lowest BCUT2D eigenvalue weighted by atomic mass is 10.1. The number of nitrogens with one attached hydrogen (secondary N) is 1. The molecule has 0 atom stereocenters. The van der Waals surface area contributed by atoms with E-state index >= 15 is 0 Å². The molecule has 0 radical (unpaired) electrons. The van der Waals surface area contributed by atoms with Crippen molar-refractivity contribution in [3.05, 3.63) is 46.6 Å². The summed E-state index contributed by atoms with van der Waals surface area (Å²) in [6, 6.07) is 10.5. The summed E-state index contributed by atoms with van der Waals surface area (Å²) in [6.45, 7) is 3.06. The summed E-state index contributed by atoms with van der Waals surface area (Å²) < 4.78 is 3.70. The molecule has 0 saturated carbocycles. The maximum absolute atomic E-state index is 4.79. The molecule has 0 aliphatic rings. The maximum Gasteiger partial charge on any atom is 0.172 e. The standard InChI is InChI=1S/C16H16BrIN4/c1-2-7-19-15-8-14(12-6-4-3-5-11(12)9-18)21-16-13(17)10-20-22(15)16/h3-6,8,10,19H,2,7,9H2,1H3. The number of anilines is 1. The second-order valence-electron chi connectivity index (χ2n) is 4.97. The molecule has 3 rings (SSSR count). The number of nitrogens with zero attached hydrogens (tertiary/aromatic N) is 3. The minimum Gasteiger partial charge on any atom is -0.370 e. The van der Waals surface area contributed by atoms with Crippen LogP contribution < -0.4 is 5.32 Å². The highest BCUT2D eigenvalue weighted by Crippen LogP contribution is 2.29. The summed E-state index contributed by atoms with van der Waals surface area (Å²) in [5.41, 5.74) is 4.27. The van der Waals surface area contributed by atoms with Crippen LogP contribution in [0.2, 0.25) is 0 Å². The Kier molecular flexibility index (Phi) is 4.97. The van der Waals surface area contributed by atoms with Gasteiger partial charge in [-0.05, 0) is 27.9 Å². The molecule has 3 aromatic rings. The number of fused-ring (bicyclic) bond motifs is 1. The topological polar surface area (TPSA) is 42.2 Å². The van der Waals surface area contributed by atoms with Crippen LogP contribution in [0.5, 0.6) is 0 Å². The highest BCUT2D eigenvalue weighted by molar-refractivity contribution is 14.1. The number of benzene rings is 1. The Morgan fingerprint density at radius 3 is 2.91 bits per heavy atom. The van der Waals surface area contributed by atoms with Crippen LogP contribution in [-0.4, -0.2) is 21.1 Å². The van der Waals surface area contributed by atoms with Crippen molar-refractivity contribution in [3.63, 3.8) is 0 Å². The Hall–Kier alpha value is -1.15. The largest absolute Gasteiger partial charge is 0.370 e. The van der Waals surface area contributed by atoms with Crippen LogP contribution in [0.4, 0.5) is 5.82 Å². The molecular formula is C16H16BrIN4. The zero-order chi connectivity index (χ0) is 15.5. The molecule has 2 aromatic heterocycles. The van der Waals surface area contributed by atoms with E-state index in [4.69, 9.17) is 4.98 Å². The van der Waals surface area contributed by atoms with Crippen molar-refractivity contribution in [2.75, 3.05) is 11.9 Å². The van der Waals surface area contributed by atoms with Gasteiger partial charge in [0.2, 0.25) is 0 Å². The molecule has 0 fully saturated rings. The summed E-state index contributed by atoms with van der Waals surface area (Å²) >= 11 is 5.93. The van der Waals surface area contributed by atoms with Gasteiger partial charge in [0, 0.05) is 22.6 Å². The molecule has 0 unspecified atom stereocenters. The van der Waals surface area contributed by atoms with E-state index in [-0.39, 0.29) is 0 Å². The van der Waals surface area contributed by atoms with Crippen LogP contribution in [0.25, 0.3) is 16.9 Å². The van der Waals surface area contributed by atoms with Gasteiger partial charge in [0.05, 0.1) is 16.4 Å². The van der Waals surface area contributed by atoms with E-state index in [9.17, 15) is 0 Å². The molecule has 0 aliphatic carbocycles. The Bertz CT molecular complexity index is 800. The first kappa shape index (κ1) is 15.7. The highest BCUT2D eigenvalue weighted by atomic mass is 127. The van der Waals surface area contributed by atoms with Gasteiger partial charge in [0.15, 0.2) is 5.65 Å². The average molecular weight is 471 g/mol. The number of hydrogen-bond donors (Lipinski definition) is 1. The molecule has 0 aliphatic heterocycles. The lowest BCUT2D eigenvalue weighted by Gasteiger charge is -2.12. The molecular weight excluding hydrogens is 455 g/mol. The van der Waals surface area contributed by atoms with Crippen molar-refractivity contribution in [3.8, 4) is 11.3 Å². The molecule has 2 heterocycles. The SMILES string of the molecule is CCCNc1cc(-c2ccccc2CI)nc2c(Br)cnn12. The Morgan fingerprint density at radius 2 is 2.14 bits per heavy atom. The Morgan fingerprint density at radius 1 is 1.32 bits per heavy atom. The predicted molar refractivity (Wildman–Crippen MR) is 103 cm³/mol. The van der Waals surface area contributed by atoms with E-state index in [0.29, 0.717) is 0 Å². The van der Waals surface area contributed by atoms with Crippen molar-refractivity contribution in [1.82, 2.24) is 14.6 Å². The van der Waals surface area contributed by atoms with Crippen molar-refractivity contribution < 1.29 is 0 Å². The van der Waals surface area contributed by atoms with Crippen molar-refractivity contribution >= 4 is 50.0 Å². The molecule has 22 heavy (non-hydrogen) atoms. The van der Waals surface area contributed by atoms with Crippen LogP contribution in [0.1, 0.15) is 18.9 Å². The van der Waals surface area contributed by atoms with Crippen molar-refractivity contribution in [2.24, 2.45) is 0 Å². The zero-order valence-electron chi connectivity index (χ0n) is 12.2. The normalized spacial score (nSPS) is 11.0. The van der Waals surface area contributed by atoms with E-state index in [1.54, 1.807) is 6.20 Å². The van der Waals surface area contributed by atoms with Crippen LogP contribution in [-0.2, 0) is 4.43 Å². The Labute approximate surface area is 151 Å². The zero-order valence-corrected chi connectivity index (χ0v) is 15.9. The van der Waals surface area contributed by atoms with Crippen LogP contribution in [0.15, 0.2) is 41.0 Å². The number of hydrogen-bond acceptors (Lipinski definition) is 3. The minimum absolute atomic E-state index is 0.833. The summed E-state index contributed by atoms with van der Waals surface area (Å²) in [7, 11) is 0. The van der Waals surface area contributed by atoms with E-state index in [0.717, 1.165) is 39.0 Å². The lowest BCUT2D eigenvalue weighted by Crippen LogP contribution is -2.07. The number of rotatable bonds is 5. The maximum atomic E-state index is 4.79. The molecule has 0 amide bonds. The fourth-order valence-electron chi connectivity index (χ4n) is 2.34. The quantitative estimate of drug-likeness (QED) is 0.425. The molecule has 0 spiro atoms. The van der Waals surface area contributed by atoms with Gasteiger partial charge in [0.1, 0.15) is 5.82 Å². The first-order valence-electron chi connectivity index (χ1n) is 7.17. The van der Waals surface area contributed by atoms with Gasteiger partial charge in [-0.25, -0.2) is 4.98 Å². The minimum atomic E-state index is 0.833. The fraction of sp³-hybridized carbons (Fsp3) is 0.250. The first-order valence-corrected chi connectivity index (χ1v) is 9.49. The van der Waals surface area contributed by atoms with Crippen LogP contribution in [0, 0.1) is 0 Å². The van der Waals surface area contributed by atoms with Gasteiger partial charge in [-0.3, -0.25) is 0 Å². The molecule has 0 bridgehead atoms. The summed E-state index contributed by atoms with van der Waals surface area (Å²) in [5.74, 6) is 0.968.